The fourth-order valence-electron chi connectivity index (χ4n) is 1.74. The molecule has 0 saturated carbocycles. The van der Waals surface area contributed by atoms with Crippen LogP contribution in [0.25, 0.3) is 10.6 Å². The molecule has 0 unspecified atom stereocenters. The van der Waals surface area contributed by atoms with E-state index in [0.717, 1.165) is 10.6 Å². The first kappa shape index (κ1) is 13.8. The van der Waals surface area contributed by atoms with Gasteiger partial charge < -0.3 is 4.74 Å². The fourth-order valence-corrected chi connectivity index (χ4v) is 2.66. The van der Waals surface area contributed by atoms with E-state index in [1.54, 1.807) is 29.6 Å². The molecule has 0 fully saturated rings. The first-order chi connectivity index (χ1) is 10.2. The van der Waals surface area contributed by atoms with Crippen molar-refractivity contribution in [2.24, 2.45) is 0 Å². The lowest BCUT2D eigenvalue weighted by atomic mass is 10.2. The summed E-state index contributed by atoms with van der Waals surface area (Å²) in [5, 5.41) is 3.11. The van der Waals surface area contributed by atoms with E-state index >= 15 is 0 Å². The second kappa shape index (κ2) is 6.08. The molecule has 0 radical (unpaired) electrons. The Morgan fingerprint density at radius 3 is 2.48 bits per heavy atom. The number of aromatic nitrogens is 1. The van der Waals surface area contributed by atoms with Crippen molar-refractivity contribution in [2.75, 3.05) is 0 Å². The highest BCUT2D eigenvalue weighted by molar-refractivity contribution is 7.13. The van der Waals surface area contributed by atoms with E-state index in [4.69, 9.17) is 16.3 Å². The smallest absolute Gasteiger partial charge is 0.363 e. The minimum absolute atomic E-state index is 0.300. The molecule has 0 amide bonds. The van der Waals surface area contributed by atoms with E-state index in [0.29, 0.717) is 16.5 Å². The third-order valence-corrected chi connectivity index (χ3v) is 3.90. The molecule has 3 aromatic rings. The maximum Gasteiger partial charge on any atom is 0.363 e. The van der Waals surface area contributed by atoms with Crippen LogP contribution in [0.5, 0.6) is 5.75 Å². The zero-order valence-electron chi connectivity index (χ0n) is 10.8. The number of hydrogen-bond donors (Lipinski definition) is 0. The first-order valence-electron chi connectivity index (χ1n) is 6.21. The van der Waals surface area contributed by atoms with Gasteiger partial charge in [0.05, 0.1) is 0 Å². The van der Waals surface area contributed by atoms with Gasteiger partial charge in [0.15, 0.2) is 5.69 Å². The predicted molar refractivity (Wildman–Crippen MR) is 84.0 cm³/mol. The van der Waals surface area contributed by atoms with Crippen LogP contribution in [0.1, 0.15) is 10.5 Å². The molecule has 5 heteroatoms. The number of thiazole rings is 1. The summed E-state index contributed by atoms with van der Waals surface area (Å²) in [6, 6.07) is 16.3. The second-order valence-electron chi connectivity index (χ2n) is 4.25. The highest BCUT2D eigenvalue weighted by Crippen LogP contribution is 2.25. The number of nitrogens with zero attached hydrogens (tertiary/aromatic N) is 1. The van der Waals surface area contributed by atoms with Gasteiger partial charge in [-0.25, -0.2) is 9.78 Å². The molecule has 3 nitrogen and oxygen atoms in total. The van der Waals surface area contributed by atoms with E-state index in [1.165, 1.54) is 11.3 Å². The van der Waals surface area contributed by atoms with Gasteiger partial charge in [0.1, 0.15) is 10.8 Å². The average Bonchev–Trinajstić information content (AvgIpc) is 2.99. The van der Waals surface area contributed by atoms with Crippen molar-refractivity contribution in [3.05, 3.63) is 70.7 Å². The molecule has 0 aliphatic rings. The fraction of sp³-hybridized carbons (Fsp3) is 0. The van der Waals surface area contributed by atoms with Crippen molar-refractivity contribution in [3.63, 3.8) is 0 Å². The van der Waals surface area contributed by atoms with E-state index in [9.17, 15) is 4.79 Å². The highest BCUT2D eigenvalue weighted by Gasteiger charge is 2.14. The Labute approximate surface area is 130 Å². The third-order valence-electron chi connectivity index (χ3n) is 2.76. The molecule has 2 aromatic carbocycles. The molecule has 0 bridgehead atoms. The molecular weight excluding hydrogens is 306 g/mol. The molecule has 0 N–H and O–H groups in total. The average molecular weight is 316 g/mol. The van der Waals surface area contributed by atoms with Gasteiger partial charge >= 0.3 is 5.97 Å². The van der Waals surface area contributed by atoms with Crippen molar-refractivity contribution in [2.45, 2.75) is 0 Å². The van der Waals surface area contributed by atoms with Gasteiger partial charge in [-0.15, -0.1) is 11.3 Å². The molecule has 3 rings (SSSR count). The van der Waals surface area contributed by atoms with Crippen LogP contribution >= 0.6 is 22.9 Å². The number of carbonyl (C=O) groups is 1. The molecule has 1 heterocycles. The Balaban J connectivity index is 1.78. The number of esters is 1. The lowest BCUT2D eigenvalue weighted by Gasteiger charge is -2.01. The summed E-state index contributed by atoms with van der Waals surface area (Å²) in [4.78, 5) is 16.3. The van der Waals surface area contributed by atoms with Crippen molar-refractivity contribution < 1.29 is 9.53 Å². The Kier molecular flexibility index (Phi) is 3.99. The zero-order valence-corrected chi connectivity index (χ0v) is 12.4. The molecule has 1 aromatic heterocycles. The topological polar surface area (TPSA) is 39.2 Å². The van der Waals surface area contributed by atoms with E-state index < -0.39 is 5.97 Å². The second-order valence-corrected chi connectivity index (χ2v) is 5.54. The summed E-state index contributed by atoms with van der Waals surface area (Å²) in [5.41, 5.74) is 1.22. The standard InChI is InChI=1S/C16H10ClNO2S/c17-12-8-6-11(7-9-12)15-18-14(10-21-15)16(19)20-13-4-2-1-3-5-13/h1-10H. The number of halogens is 1. The highest BCUT2D eigenvalue weighted by atomic mass is 35.5. The van der Waals surface area contributed by atoms with Crippen LogP contribution in [-0.4, -0.2) is 11.0 Å². The normalized spacial score (nSPS) is 10.3. The van der Waals surface area contributed by atoms with Crippen molar-refractivity contribution in [3.8, 4) is 16.3 Å². The number of carbonyl (C=O) groups excluding carboxylic acids is 1. The molecular formula is C16H10ClNO2S. The Morgan fingerprint density at radius 2 is 1.76 bits per heavy atom. The van der Waals surface area contributed by atoms with Crippen LogP contribution in [0.2, 0.25) is 5.02 Å². The minimum Gasteiger partial charge on any atom is -0.422 e. The third kappa shape index (κ3) is 3.29. The molecule has 0 aliphatic carbocycles. The number of benzene rings is 2. The van der Waals surface area contributed by atoms with Gasteiger partial charge in [-0.05, 0) is 24.3 Å². The minimum atomic E-state index is -0.460. The molecule has 104 valence electrons. The van der Waals surface area contributed by atoms with Crippen LogP contribution in [0, 0.1) is 0 Å². The van der Waals surface area contributed by atoms with Crippen LogP contribution in [0.4, 0.5) is 0 Å². The van der Waals surface area contributed by atoms with Gasteiger partial charge in [-0.3, -0.25) is 0 Å². The Morgan fingerprint density at radius 1 is 1.05 bits per heavy atom. The summed E-state index contributed by atoms with van der Waals surface area (Å²) in [6.45, 7) is 0. The molecule has 0 saturated heterocycles. The Hall–Kier alpha value is -2.17. The van der Waals surface area contributed by atoms with E-state index in [-0.39, 0.29) is 0 Å². The van der Waals surface area contributed by atoms with Gasteiger partial charge in [0, 0.05) is 16.0 Å². The number of ether oxygens (including phenoxy) is 1. The lowest BCUT2D eigenvalue weighted by molar-refractivity contribution is 0.0729. The summed E-state index contributed by atoms with van der Waals surface area (Å²) >= 11 is 7.25. The first-order valence-corrected chi connectivity index (χ1v) is 7.47. The largest absolute Gasteiger partial charge is 0.422 e. The van der Waals surface area contributed by atoms with Crippen LogP contribution in [0.15, 0.2) is 60.0 Å². The van der Waals surface area contributed by atoms with Crippen LogP contribution < -0.4 is 4.74 Å². The van der Waals surface area contributed by atoms with E-state index in [1.807, 2.05) is 30.3 Å². The van der Waals surface area contributed by atoms with Gasteiger partial charge in [0.2, 0.25) is 0 Å². The molecule has 0 spiro atoms. The van der Waals surface area contributed by atoms with Crippen molar-refractivity contribution >= 4 is 28.9 Å². The molecule has 0 aliphatic heterocycles. The van der Waals surface area contributed by atoms with Gasteiger partial charge in [-0.2, -0.15) is 0 Å². The van der Waals surface area contributed by atoms with Crippen LogP contribution in [0.3, 0.4) is 0 Å². The summed E-state index contributed by atoms with van der Waals surface area (Å²) < 4.78 is 5.25. The number of para-hydroxylation sites is 1. The monoisotopic (exact) mass is 315 g/mol. The van der Waals surface area contributed by atoms with Crippen molar-refractivity contribution in [1.29, 1.82) is 0 Å². The number of hydrogen-bond acceptors (Lipinski definition) is 4. The maximum absolute atomic E-state index is 12.0. The summed E-state index contributed by atoms with van der Waals surface area (Å²) in [6.07, 6.45) is 0. The van der Waals surface area contributed by atoms with Crippen molar-refractivity contribution in [1.82, 2.24) is 4.98 Å². The Bertz CT molecular complexity index is 753. The summed E-state index contributed by atoms with van der Waals surface area (Å²) in [7, 11) is 0. The maximum atomic E-state index is 12.0. The molecule has 0 atom stereocenters. The lowest BCUT2D eigenvalue weighted by Crippen LogP contribution is -2.08. The SMILES string of the molecule is O=C(Oc1ccccc1)c1csc(-c2ccc(Cl)cc2)n1. The quantitative estimate of drug-likeness (QED) is 0.520. The van der Waals surface area contributed by atoms with Crippen LogP contribution in [-0.2, 0) is 0 Å². The van der Waals surface area contributed by atoms with Gasteiger partial charge in [-0.1, -0.05) is 41.9 Å². The van der Waals surface area contributed by atoms with E-state index in [2.05, 4.69) is 4.98 Å². The zero-order chi connectivity index (χ0) is 14.7. The predicted octanol–water partition coefficient (Wildman–Crippen LogP) is 4.68. The van der Waals surface area contributed by atoms with Gasteiger partial charge in [0.25, 0.3) is 0 Å². The summed E-state index contributed by atoms with van der Waals surface area (Å²) in [5.74, 6) is 0.0428. The molecule has 21 heavy (non-hydrogen) atoms. The number of rotatable bonds is 3.